The first-order valence-corrected chi connectivity index (χ1v) is 12.6. The first-order valence-electron chi connectivity index (χ1n) is 12.2. The fourth-order valence-corrected chi connectivity index (χ4v) is 4.90. The highest BCUT2D eigenvalue weighted by Crippen LogP contribution is 2.37. The summed E-state index contributed by atoms with van der Waals surface area (Å²) in [6.45, 7) is 6.19. The van der Waals surface area contributed by atoms with Gasteiger partial charge in [-0.05, 0) is 37.6 Å². The van der Waals surface area contributed by atoms with Crippen LogP contribution < -0.4 is 9.64 Å². The van der Waals surface area contributed by atoms with Crippen LogP contribution in [-0.4, -0.2) is 64.1 Å². The summed E-state index contributed by atoms with van der Waals surface area (Å²) in [7, 11) is 0. The predicted octanol–water partition coefficient (Wildman–Crippen LogP) is 3.76. The molecule has 0 amide bonds. The Labute approximate surface area is 217 Å². The lowest BCUT2D eigenvalue weighted by atomic mass is 9.95. The van der Waals surface area contributed by atoms with E-state index in [-0.39, 0.29) is 19.3 Å². The number of pyridine rings is 1. The lowest BCUT2D eigenvalue weighted by Crippen LogP contribution is -2.52. The van der Waals surface area contributed by atoms with Gasteiger partial charge in [-0.2, -0.15) is 0 Å². The summed E-state index contributed by atoms with van der Waals surface area (Å²) in [6, 6.07) is 19.5. The summed E-state index contributed by atoms with van der Waals surface area (Å²) >= 11 is 6.72. The standard InChI is InChI=1S/C28H34ClN3O4/c1-20(34)18-36-24-10-11-26(25(29)14-24)32-13-12-31(16-27(32)21-6-4-3-5-7-21)19-28(2,35)22-8-9-23(17-33)30-15-22/h3-11,14-15,20,27,33-35H,12-13,16-19H2,1-2H3/t20-,27+,28-/m1/s1. The van der Waals surface area contributed by atoms with Crippen LogP contribution in [0.3, 0.4) is 0 Å². The molecule has 4 rings (SSSR count). The van der Waals surface area contributed by atoms with Gasteiger partial charge in [0.25, 0.3) is 0 Å². The Balaban J connectivity index is 1.55. The Morgan fingerprint density at radius 1 is 1.14 bits per heavy atom. The van der Waals surface area contributed by atoms with Crippen LogP contribution in [0.2, 0.25) is 5.02 Å². The molecule has 1 fully saturated rings. The van der Waals surface area contributed by atoms with Crippen molar-refractivity contribution in [1.82, 2.24) is 9.88 Å². The summed E-state index contributed by atoms with van der Waals surface area (Å²) < 4.78 is 5.62. The maximum Gasteiger partial charge on any atom is 0.121 e. The summed E-state index contributed by atoms with van der Waals surface area (Å²) in [5.74, 6) is 0.622. The molecule has 1 saturated heterocycles. The van der Waals surface area contributed by atoms with Crippen LogP contribution in [-0.2, 0) is 12.2 Å². The second-order valence-electron chi connectivity index (χ2n) is 9.60. The number of nitrogens with zero attached hydrogens (tertiary/aromatic N) is 3. The van der Waals surface area contributed by atoms with Crippen molar-refractivity contribution in [3.05, 3.63) is 88.7 Å². The quantitative estimate of drug-likeness (QED) is 0.403. The smallest absolute Gasteiger partial charge is 0.121 e. The third kappa shape index (κ3) is 6.35. The maximum atomic E-state index is 11.3. The molecule has 1 aliphatic rings. The number of benzene rings is 2. The maximum absolute atomic E-state index is 11.3. The van der Waals surface area contributed by atoms with Crippen LogP contribution in [0.4, 0.5) is 5.69 Å². The van der Waals surface area contributed by atoms with Crippen molar-refractivity contribution in [1.29, 1.82) is 0 Å². The topological polar surface area (TPSA) is 89.3 Å². The summed E-state index contributed by atoms with van der Waals surface area (Å²) in [5, 5.41) is 30.7. The Morgan fingerprint density at radius 3 is 2.56 bits per heavy atom. The first kappa shape index (κ1) is 26.4. The normalized spacial score (nSPS) is 19.1. The van der Waals surface area contributed by atoms with E-state index >= 15 is 0 Å². The average molecular weight is 512 g/mol. The van der Waals surface area contributed by atoms with Gasteiger partial charge in [0, 0.05) is 44.0 Å². The third-order valence-corrected chi connectivity index (χ3v) is 6.81. The average Bonchev–Trinajstić information content (AvgIpc) is 2.88. The molecule has 0 aliphatic carbocycles. The van der Waals surface area contributed by atoms with E-state index < -0.39 is 11.7 Å². The zero-order valence-corrected chi connectivity index (χ0v) is 21.5. The first-order chi connectivity index (χ1) is 17.3. The van der Waals surface area contributed by atoms with E-state index in [0.29, 0.717) is 35.1 Å². The number of β-amino-alcohol motifs (C(OH)–C–C–N with tert-alkyl or cyclic N) is 1. The van der Waals surface area contributed by atoms with E-state index in [2.05, 4.69) is 26.9 Å². The Hall–Kier alpha value is -2.68. The number of hydrogen-bond donors (Lipinski definition) is 3. The zero-order valence-electron chi connectivity index (χ0n) is 20.7. The fourth-order valence-electron chi connectivity index (χ4n) is 4.62. The molecule has 192 valence electrons. The zero-order chi connectivity index (χ0) is 25.7. The number of aliphatic hydroxyl groups excluding tert-OH is 2. The van der Waals surface area contributed by atoms with E-state index in [1.54, 1.807) is 32.2 Å². The number of halogens is 1. The van der Waals surface area contributed by atoms with Crippen LogP contribution in [0.5, 0.6) is 5.75 Å². The van der Waals surface area contributed by atoms with Crippen molar-refractivity contribution in [2.75, 3.05) is 37.7 Å². The van der Waals surface area contributed by atoms with Gasteiger partial charge in [0.2, 0.25) is 0 Å². The second-order valence-corrected chi connectivity index (χ2v) is 10.0. The number of aromatic nitrogens is 1. The number of ether oxygens (including phenoxy) is 1. The van der Waals surface area contributed by atoms with Crippen molar-refractivity contribution in [2.45, 2.75) is 38.2 Å². The molecule has 1 aromatic heterocycles. The van der Waals surface area contributed by atoms with Crippen molar-refractivity contribution in [3.63, 3.8) is 0 Å². The minimum atomic E-state index is -1.09. The molecule has 0 unspecified atom stereocenters. The molecule has 36 heavy (non-hydrogen) atoms. The van der Waals surface area contributed by atoms with Gasteiger partial charge in [0.05, 0.1) is 35.2 Å². The monoisotopic (exact) mass is 511 g/mol. The van der Waals surface area contributed by atoms with Gasteiger partial charge < -0.3 is 25.0 Å². The molecule has 7 nitrogen and oxygen atoms in total. The Bertz CT molecular complexity index is 1130. The van der Waals surface area contributed by atoms with Crippen molar-refractivity contribution in [2.24, 2.45) is 0 Å². The third-order valence-electron chi connectivity index (χ3n) is 6.51. The van der Waals surface area contributed by atoms with Crippen LogP contribution in [0.1, 0.15) is 36.7 Å². The predicted molar refractivity (Wildman–Crippen MR) is 141 cm³/mol. The number of rotatable bonds is 9. The van der Waals surface area contributed by atoms with Crippen LogP contribution in [0.25, 0.3) is 0 Å². The molecule has 0 spiro atoms. The Morgan fingerprint density at radius 2 is 1.92 bits per heavy atom. The molecule has 2 heterocycles. The lowest BCUT2D eigenvalue weighted by Gasteiger charge is -2.45. The van der Waals surface area contributed by atoms with Crippen molar-refractivity contribution in [3.8, 4) is 5.75 Å². The summed E-state index contributed by atoms with van der Waals surface area (Å²) in [4.78, 5) is 8.81. The van der Waals surface area contributed by atoms with Gasteiger partial charge in [0.1, 0.15) is 18.0 Å². The van der Waals surface area contributed by atoms with Gasteiger partial charge in [-0.15, -0.1) is 0 Å². The minimum Gasteiger partial charge on any atom is -0.491 e. The van der Waals surface area contributed by atoms with Gasteiger partial charge >= 0.3 is 0 Å². The molecular formula is C28H34ClN3O4. The largest absolute Gasteiger partial charge is 0.491 e. The molecule has 3 aromatic rings. The number of piperazine rings is 1. The van der Waals surface area contributed by atoms with Crippen molar-refractivity contribution >= 4 is 17.3 Å². The number of hydrogen-bond acceptors (Lipinski definition) is 7. The van der Waals surface area contributed by atoms with Crippen LogP contribution in [0, 0.1) is 0 Å². The molecular weight excluding hydrogens is 478 g/mol. The highest BCUT2D eigenvalue weighted by Gasteiger charge is 2.34. The second kappa shape index (κ2) is 11.6. The highest BCUT2D eigenvalue weighted by atomic mass is 35.5. The SMILES string of the molecule is C[C@@H](O)COc1ccc(N2CCN(C[C@@](C)(O)c3ccc(CO)nc3)C[C@H]2c2ccccc2)c(Cl)c1. The van der Waals surface area contributed by atoms with Crippen LogP contribution in [0.15, 0.2) is 66.9 Å². The van der Waals surface area contributed by atoms with Crippen LogP contribution >= 0.6 is 11.6 Å². The fraction of sp³-hybridized carbons (Fsp3) is 0.393. The van der Waals surface area contributed by atoms with E-state index in [4.69, 9.17) is 16.3 Å². The number of aliphatic hydroxyl groups is 3. The van der Waals surface area contributed by atoms with Gasteiger partial charge in [-0.1, -0.05) is 48.0 Å². The van der Waals surface area contributed by atoms with Crippen molar-refractivity contribution < 1.29 is 20.1 Å². The summed E-state index contributed by atoms with van der Waals surface area (Å²) in [5.41, 5.74) is 2.29. The minimum absolute atomic E-state index is 0.0346. The van der Waals surface area contributed by atoms with E-state index in [1.807, 2.05) is 36.4 Å². The summed E-state index contributed by atoms with van der Waals surface area (Å²) in [6.07, 6.45) is 1.08. The highest BCUT2D eigenvalue weighted by molar-refractivity contribution is 6.33. The van der Waals surface area contributed by atoms with Gasteiger partial charge in [-0.3, -0.25) is 9.88 Å². The molecule has 0 bridgehead atoms. The lowest BCUT2D eigenvalue weighted by molar-refractivity contribution is 0.00997. The molecule has 3 atom stereocenters. The number of anilines is 1. The van der Waals surface area contributed by atoms with Gasteiger partial charge in [-0.25, -0.2) is 0 Å². The molecule has 1 aliphatic heterocycles. The molecule has 3 N–H and O–H groups in total. The molecule has 0 radical (unpaired) electrons. The van der Waals surface area contributed by atoms with Gasteiger partial charge in [0.15, 0.2) is 0 Å². The van der Waals surface area contributed by atoms with E-state index in [1.165, 1.54) is 5.56 Å². The Kier molecular flexibility index (Phi) is 8.49. The molecule has 2 aromatic carbocycles. The molecule has 0 saturated carbocycles. The van der Waals surface area contributed by atoms with E-state index in [9.17, 15) is 15.3 Å². The molecule has 8 heteroatoms. The van der Waals surface area contributed by atoms with E-state index in [0.717, 1.165) is 18.8 Å².